The standard InChI is InChI=1S/C18H15NO4/c1-22-12-5-3-11(4-6-12)17-16(10-20)14-8-7-13(23-2)9-15(14)18(21)19-17/h3-10H,1-2H3,(H,19,21). The zero-order valence-corrected chi connectivity index (χ0v) is 12.8. The monoisotopic (exact) mass is 309 g/mol. The van der Waals surface area contributed by atoms with Crippen molar-refractivity contribution in [3.8, 4) is 22.8 Å². The van der Waals surface area contributed by atoms with Gasteiger partial charge >= 0.3 is 0 Å². The summed E-state index contributed by atoms with van der Waals surface area (Å²) in [6.07, 6.45) is 0.754. The van der Waals surface area contributed by atoms with Crippen LogP contribution in [-0.4, -0.2) is 25.5 Å². The largest absolute Gasteiger partial charge is 0.497 e. The number of pyridine rings is 1. The molecule has 0 saturated heterocycles. The second kappa shape index (κ2) is 5.96. The first kappa shape index (κ1) is 14.8. The Balaban J connectivity index is 2.28. The number of aromatic nitrogens is 1. The van der Waals surface area contributed by atoms with Crippen LogP contribution in [0.3, 0.4) is 0 Å². The molecule has 116 valence electrons. The summed E-state index contributed by atoms with van der Waals surface area (Å²) >= 11 is 0. The van der Waals surface area contributed by atoms with Crippen molar-refractivity contribution in [3.05, 3.63) is 58.4 Å². The fourth-order valence-electron chi connectivity index (χ4n) is 2.56. The van der Waals surface area contributed by atoms with Crippen molar-refractivity contribution >= 4 is 17.1 Å². The Morgan fingerprint density at radius 1 is 0.913 bits per heavy atom. The van der Waals surface area contributed by atoms with E-state index in [1.807, 2.05) is 0 Å². The molecule has 1 aromatic heterocycles. The summed E-state index contributed by atoms with van der Waals surface area (Å²) in [5, 5.41) is 1.01. The number of rotatable bonds is 4. The predicted molar refractivity (Wildman–Crippen MR) is 88.5 cm³/mol. The summed E-state index contributed by atoms with van der Waals surface area (Å²) in [5.41, 5.74) is 1.40. The van der Waals surface area contributed by atoms with Gasteiger partial charge in [0.2, 0.25) is 0 Å². The molecule has 0 radical (unpaired) electrons. The van der Waals surface area contributed by atoms with E-state index in [2.05, 4.69) is 4.98 Å². The summed E-state index contributed by atoms with van der Waals surface area (Å²) in [7, 11) is 3.11. The molecule has 0 atom stereocenters. The van der Waals surface area contributed by atoms with E-state index in [1.54, 1.807) is 49.6 Å². The van der Waals surface area contributed by atoms with E-state index in [4.69, 9.17) is 9.47 Å². The summed E-state index contributed by atoms with van der Waals surface area (Å²) in [5.74, 6) is 1.27. The summed E-state index contributed by atoms with van der Waals surface area (Å²) < 4.78 is 10.3. The average molecular weight is 309 g/mol. The molecule has 0 aliphatic rings. The van der Waals surface area contributed by atoms with E-state index in [9.17, 15) is 9.59 Å². The topological polar surface area (TPSA) is 68.4 Å². The van der Waals surface area contributed by atoms with Crippen LogP contribution >= 0.6 is 0 Å². The third kappa shape index (κ3) is 2.57. The number of methoxy groups -OCH3 is 2. The van der Waals surface area contributed by atoms with Crippen molar-refractivity contribution in [3.63, 3.8) is 0 Å². The van der Waals surface area contributed by atoms with Gasteiger partial charge in [0.05, 0.1) is 25.3 Å². The van der Waals surface area contributed by atoms with Crippen molar-refractivity contribution in [1.29, 1.82) is 0 Å². The van der Waals surface area contributed by atoms with Crippen LogP contribution in [0.5, 0.6) is 11.5 Å². The van der Waals surface area contributed by atoms with E-state index >= 15 is 0 Å². The van der Waals surface area contributed by atoms with Crippen molar-refractivity contribution in [2.75, 3.05) is 14.2 Å². The lowest BCUT2D eigenvalue weighted by Crippen LogP contribution is -2.10. The molecule has 0 amide bonds. The summed E-state index contributed by atoms with van der Waals surface area (Å²) in [6.45, 7) is 0. The van der Waals surface area contributed by atoms with Crippen LogP contribution in [0, 0.1) is 0 Å². The number of aldehydes is 1. The van der Waals surface area contributed by atoms with E-state index in [1.165, 1.54) is 7.11 Å². The fraction of sp³-hybridized carbons (Fsp3) is 0.111. The molecule has 0 saturated carbocycles. The number of H-pyrrole nitrogens is 1. The minimum Gasteiger partial charge on any atom is -0.497 e. The average Bonchev–Trinajstić information content (AvgIpc) is 2.61. The quantitative estimate of drug-likeness (QED) is 0.752. The zero-order chi connectivity index (χ0) is 16.4. The Bertz CT molecular complexity index is 926. The molecule has 2 aromatic carbocycles. The first-order valence-electron chi connectivity index (χ1n) is 7.01. The molecule has 0 aliphatic heterocycles. The molecule has 0 spiro atoms. The number of carbonyl (C=O) groups excluding carboxylic acids is 1. The van der Waals surface area contributed by atoms with Gasteiger partial charge in [-0.15, -0.1) is 0 Å². The number of benzene rings is 2. The molecule has 23 heavy (non-hydrogen) atoms. The second-order valence-corrected chi connectivity index (χ2v) is 5.00. The lowest BCUT2D eigenvalue weighted by molar-refractivity contribution is 0.112. The number of ether oxygens (including phenoxy) is 2. The highest BCUT2D eigenvalue weighted by Crippen LogP contribution is 2.28. The van der Waals surface area contributed by atoms with Gasteiger partial charge in [-0.3, -0.25) is 9.59 Å². The molecule has 0 unspecified atom stereocenters. The van der Waals surface area contributed by atoms with Gasteiger partial charge in [-0.25, -0.2) is 0 Å². The third-order valence-electron chi connectivity index (χ3n) is 3.77. The van der Waals surface area contributed by atoms with Gasteiger partial charge in [0, 0.05) is 10.9 Å². The molecule has 1 N–H and O–H groups in total. The van der Waals surface area contributed by atoms with E-state index in [-0.39, 0.29) is 5.56 Å². The highest BCUT2D eigenvalue weighted by molar-refractivity contribution is 6.03. The number of carbonyl (C=O) groups is 1. The van der Waals surface area contributed by atoms with E-state index in [0.717, 1.165) is 11.8 Å². The van der Waals surface area contributed by atoms with Crippen molar-refractivity contribution in [2.24, 2.45) is 0 Å². The third-order valence-corrected chi connectivity index (χ3v) is 3.77. The second-order valence-electron chi connectivity index (χ2n) is 5.00. The van der Waals surface area contributed by atoms with Gasteiger partial charge in [-0.2, -0.15) is 0 Å². The first-order chi connectivity index (χ1) is 11.2. The SMILES string of the molecule is COc1ccc(-c2[nH]c(=O)c3cc(OC)ccc3c2C=O)cc1. The van der Waals surface area contributed by atoms with E-state index in [0.29, 0.717) is 33.5 Å². The molecule has 0 aliphatic carbocycles. The number of fused-ring (bicyclic) bond motifs is 1. The Morgan fingerprint density at radius 3 is 2.17 bits per heavy atom. The summed E-state index contributed by atoms with van der Waals surface area (Å²) in [6, 6.07) is 12.2. The van der Waals surface area contributed by atoms with Crippen LogP contribution in [0.4, 0.5) is 0 Å². The van der Waals surface area contributed by atoms with Crippen LogP contribution in [0.25, 0.3) is 22.0 Å². The van der Waals surface area contributed by atoms with Gasteiger partial charge in [-0.05, 0) is 48.0 Å². The number of aromatic amines is 1. The van der Waals surface area contributed by atoms with Crippen molar-refractivity contribution in [1.82, 2.24) is 4.98 Å². The fourth-order valence-corrected chi connectivity index (χ4v) is 2.56. The lowest BCUT2D eigenvalue weighted by atomic mass is 10.0. The molecule has 0 bridgehead atoms. The maximum atomic E-state index is 12.4. The van der Waals surface area contributed by atoms with Crippen LogP contribution in [0.15, 0.2) is 47.3 Å². The molecule has 3 rings (SSSR count). The highest BCUT2D eigenvalue weighted by Gasteiger charge is 2.13. The number of hydrogen-bond donors (Lipinski definition) is 1. The van der Waals surface area contributed by atoms with Gasteiger partial charge in [-0.1, -0.05) is 0 Å². The molecular weight excluding hydrogens is 294 g/mol. The predicted octanol–water partition coefficient (Wildman–Crippen LogP) is 3.02. The Labute approximate surface area is 132 Å². The van der Waals surface area contributed by atoms with E-state index < -0.39 is 0 Å². The Morgan fingerprint density at radius 2 is 1.57 bits per heavy atom. The Kier molecular flexibility index (Phi) is 3.85. The molecule has 5 heteroatoms. The van der Waals surface area contributed by atoms with Crippen LogP contribution in [-0.2, 0) is 0 Å². The van der Waals surface area contributed by atoms with Gasteiger partial charge in [0.25, 0.3) is 5.56 Å². The van der Waals surface area contributed by atoms with Crippen molar-refractivity contribution < 1.29 is 14.3 Å². The Hall–Kier alpha value is -3.08. The molecule has 3 aromatic rings. The van der Waals surface area contributed by atoms with Crippen LogP contribution in [0.1, 0.15) is 10.4 Å². The smallest absolute Gasteiger partial charge is 0.256 e. The van der Waals surface area contributed by atoms with Gasteiger partial charge in [0.15, 0.2) is 6.29 Å². The van der Waals surface area contributed by atoms with Gasteiger partial charge < -0.3 is 14.5 Å². The molecule has 1 heterocycles. The first-order valence-corrected chi connectivity index (χ1v) is 7.01. The van der Waals surface area contributed by atoms with Crippen LogP contribution in [0.2, 0.25) is 0 Å². The molecule has 0 fully saturated rings. The maximum absolute atomic E-state index is 12.4. The molecule has 5 nitrogen and oxygen atoms in total. The highest BCUT2D eigenvalue weighted by atomic mass is 16.5. The van der Waals surface area contributed by atoms with Crippen LogP contribution < -0.4 is 15.0 Å². The minimum atomic E-state index is -0.268. The van der Waals surface area contributed by atoms with Crippen molar-refractivity contribution in [2.45, 2.75) is 0 Å². The minimum absolute atomic E-state index is 0.268. The normalized spacial score (nSPS) is 10.5. The number of hydrogen-bond acceptors (Lipinski definition) is 4. The zero-order valence-electron chi connectivity index (χ0n) is 12.8. The van der Waals surface area contributed by atoms with Gasteiger partial charge in [0.1, 0.15) is 11.5 Å². The lowest BCUT2D eigenvalue weighted by Gasteiger charge is -2.10. The summed E-state index contributed by atoms with van der Waals surface area (Å²) in [4.78, 5) is 26.8. The maximum Gasteiger partial charge on any atom is 0.256 e. The number of nitrogens with one attached hydrogen (secondary N) is 1. The molecular formula is C18H15NO4.